The highest BCUT2D eigenvalue weighted by Gasteiger charge is 2.24. The fraction of sp³-hybridized carbons (Fsp3) is 0.400. The number of halogens is 1. The van der Waals surface area contributed by atoms with Crippen molar-refractivity contribution in [2.24, 2.45) is 0 Å². The first kappa shape index (κ1) is 16.8. The predicted octanol–water partition coefficient (Wildman–Crippen LogP) is 4.54. The van der Waals surface area contributed by atoms with Gasteiger partial charge in [0.2, 0.25) is 0 Å². The molecule has 0 aliphatic carbocycles. The van der Waals surface area contributed by atoms with Gasteiger partial charge < -0.3 is 15.2 Å². The Bertz CT molecular complexity index is 771. The quantitative estimate of drug-likeness (QED) is 0.869. The second-order valence-electron chi connectivity index (χ2n) is 6.69. The number of hydrogen-bond donors (Lipinski definition) is 2. The van der Waals surface area contributed by atoms with Crippen LogP contribution in [0.5, 0.6) is 11.5 Å². The first-order valence-corrected chi connectivity index (χ1v) is 8.40. The van der Waals surface area contributed by atoms with E-state index >= 15 is 0 Å². The Morgan fingerprint density at radius 1 is 1.29 bits per heavy atom. The standard InChI is InChI=1S/C20H24FNO2/c1-11(2)16-9-13(10-17(21)20(16)23)19-15-7-8-22-12(3)14(15)5-6-18(19)24-4/h5-6,9-12,22-23H,7-8H2,1-4H3/t12-/m1/s1. The Hall–Kier alpha value is -2.07. The molecule has 0 fully saturated rings. The van der Waals surface area contributed by atoms with Gasteiger partial charge in [-0.3, -0.25) is 0 Å². The summed E-state index contributed by atoms with van der Waals surface area (Å²) in [6.07, 6.45) is 0.867. The summed E-state index contributed by atoms with van der Waals surface area (Å²) in [5, 5.41) is 13.5. The van der Waals surface area contributed by atoms with E-state index in [-0.39, 0.29) is 17.7 Å². The molecule has 0 saturated heterocycles. The molecule has 0 radical (unpaired) electrons. The van der Waals surface area contributed by atoms with E-state index in [1.807, 2.05) is 26.0 Å². The van der Waals surface area contributed by atoms with E-state index in [2.05, 4.69) is 18.3 Å². The van der Waals surface area contributed by atoms with Crippen molar-refractivity contribution in [2.45, 2.75) is 39.2 Å². The van der Waals surface area contributed by atoms with Crippen molar-refractivity contribution in [3.63, 3.8) is 0 Å². The number of fused-ring (bicyclic) bond motifs is 1. The Labute approximate surface area is 142 Å². The zero-order valence-corrected chi connectivity index (χ0v) is 14.6. The predicted molar refractivity (Wildman–Crippen MR) is 94.3 cm³/mol. The molecular weight excluding hydrogens is 305 g/mol. The molecule has 1 heterocycles. The fourth-order valence-corrected chi connectivity index (χ4v) is 3.53. The van der Waals surface area contributed by atoms with E-state index in [0.29, 0.717) is 5.56 Å². The van der Waals surface area contributed by atoms with Gasteiger partial charge in [-0.2, -0.15) is 0 Å². The summed E-state index contributed by atoms with van der Waals surface area (Å²) < 4.78 is 19.9. The summed E-state index contributed by atoms with van der Waals surface area (Å²) in [5.74, 6) is -0.0707. The summed E-state index contributed by atoms with van der Waals surface area (Å²) in [6.45, 7) is 6.90. The van der Waals surface area contributed by atoms with Crippen molar-refractivity contribution < 1.29 is 14.2 Å². The summed E-state index contributed by atoms with van der Waals surface area (Å²) >= 11 is 0. The molecule has 0 bridgehead atoms. The van der Waals surface area contributed by atoms with E-state index in [4.69, 9.17) is 4.74 Å². The molecule has 2 aromatic rings. The third-order valence-corrected chi connectivity index (χ3v) is 4.83. The minimum atomic E-state index is -0.585. The van der Waals surface area contributed by atoms with Crippen molar-refractivity contribution >= 4 is 0 Å². The topological polar surface area (TPSA) is 41.5 Å². The maximum absolute atomic E-state index is 14.3. The number of hydrogen-bond acceptors (Lipinski definition) is 3. The SMILES string of the molecule is COc1ccc2c(c1-c1cc(F)c(O)c(C(C)C)c1)CCN[C@@H]2C. The normalized spacial score (nSPS) is 17.0. The van der Waals surface area contributed by atoms with Crippen molar-refractivity contribution in [1.29, 1.82) is 0 Å². The average Bonchev–Trinajstić information content (AvgIpc) is 2.56. The lowest BCUT2D eigenvalue weighted by Crippen LogP contribution is -2.28. The van der Waals surface area contributed by atoms with Gasteiger partial charge >= 0.3 is 0 Å². The maximum Gasteiger partial charge on any atom is 0.165 e. The lowest BCUT2D eigenvalue weighted by molar-refractivity contribution is 0.414. The molecule has 3 nitrogen and oxygen atoms in total. The molecule has 0 amide bonds. The molecule has 0 unspecified atom stereocenters. The van der Waals surface area contributed by atoms with Crippen LogP contribution < -0.4 is 10.1 Å². The number of ether oxygens (including phenoxy) is 1. The minimum Gasteiger partial charge on any atom is -0.505 e. The van der Waals surface area contributed by atoms with E-state index in [9.17, 15) is 9.50 Å². The molecule has 0 aromatic heterocycles. The second kappa shape index (κ2) is 6.44. The van der Waals surface area contributed by atoms with Crippen molar-refractivity contribution in [3.8, 4) is 22.6 Å². The number of phenols is 1. The van der Waals surface area contributed by atoms with Crippen LogP contribution in [0, 0.1) is 5.82 Å². The Kier molecular flexibility index (Phi) is 4.50. The number of aromatic hydroxyl groups is 1. The van der Waals surface area contributed by atoms with Gasteiger partial charge in [-0.1, -0.05) is 19.9 Å². The molecule has 2 N–H and O–H groups in total. The molecule has 1 atom stereocenters. The van der Waals surface area contributed by atoms with Crippen LogP contribution in [-0.2, 0) is 6.42 Å². The highest BCUT2D eigenvalue weighted by molar-refractivity contribution is 5.77. The summed E-state index contributed by atoms with van der Waals surface area (Å²) in [7, 11) is 1.63. The van der Waals surface area contributed by atoms with Crippen LogP contribution in [0.3, 0.4) is 0 Å². The highest BCUT2D eigenvalue weighted by atomic mass is 19.1. The van der Waals surface area contributed by atoms with Gasteiger partial charge in [0.25, 0.3) is 0 Å². The highest BCUT2D eigenvalue weighted by Crippen LogP contribution is 2.42. The Balaban J connectivity index is 2.28. The summed E-state index contributed by atoms with van der Waals surface area (Å²) in [5.41, 5.74) is 4.73. The Morgan fingerprint density at radius 3 is 2.71 bits per heavy atom. The van der Waals surface area contributed by atoms with E-state index < -0.39 is 5.82 Å². The zero-order valence-electron chi connectivity index (χ0n) is 14.6. The van der Waals surface area contributed by atoms with Crippen LogP contribution >= 0.6 is 0 Å². The van der Waals surface area contributed by atoms with Gasteiger partial charge in [0.1, 0.15) is 5.75 Å². The molecular formula is C20H24FNO2. The largest absolute Gasteiger partial charge is 0.505 e. The lowest BCUT2D eigenvalue weighted by atomic mass is 9.86. The zero-order chi connectivity index (χ0) is 17.4. The van der Waals surface area contributed by atoms with Gasteiger partial charge in [0, 0.05) is 17.2 Å². The van der Waals surface area contributed by atoms with Crippen LogP contribution in [0.1, 0.15) is 49.4 Å². The molecule has 3 rings (SSSR count). The van der Waals surface area contributed by atoms with Gasteiger partial charge in [-0.15, -0.1) is 0 Å². The molecule has 0 spiro atoms. The van der Waals surface area contributed by atoms with Crippen LogP contribution in [0.4, 0.5) is 4.39 Å². The van der Waals surface area contributed by atoms with Gasteiger partial charge in [0.15, 0.2) is 11.6 Å². The smallest absolute Gasteiger partial charge is 0.165 e. The minimum absolute atomic E-state index is 0.0329. The molecule has 0 saturated carbocycles. The molecule has 24 heavy (non-hydrogen) atoms. The van der Waals surface area contributed by atoms with Crippen LogP contribution in [0.2, 0.25) is 0 Å². The average molecular weight is 329 g/mol. The molecule has 1 aliphatic rings. The molecule has 128 valence electrons. The summed E-state index contributed by atoms with van der Waals surface area (Å²) in [6, 6.07) is 7.57. The molecule has 4 heteroatoms. The maximum atomic E-state index is 14.3. The van der Waals surface area contributed by atoms with E-state index in [0.717, 1.165) is 29.8 Å². The fourth-order valence-electron chi connectivity index (χ4n) is 3.53. The lowest BCUT2D eigenvalue weighted by Gasteiger charge is -2.27. The number of benzene rings is 2. The van der Waals surface area contributed by atoms with E-state index in [1.54, 1.807) is 7.11 Å². The van der Waals surface area contributed by atoms with Gasteiger partial charge in [0.05, 0.1) is 7.11 Å². The van der Waals surface area contributed by atoms with Crippen LogP contribution in [0.15, 0.2) is 24.3 Å². The van der Waals surface area contributed by atoms with Crippen LogP contribution in [-0.4, -0.2) is 18.8 Å². The van der Waals surface area contributed by atoms with Gasteiger partial charge in [-0.05, 0) is 60.7 Å². The second-order valence-corrected chi connectivity index (χ2v) is 6.69. The molecule has 1 aliphatic heterocycles. The van der Waals surface area contributed by atoms with Crippen molar-refractivity contribution in [2.75, 3.05) is 13.7 Å². The van der Waals surface area contributed by atoms with Crippen molar-refractivity contribution in [3.05, 3.63) is 46.8 Å². The monoisotopic (exact) mass is 329 g/mol. The third kappa shape index (κ3) is 2.75. The first-order chi connectivity index (χ1) is 11.4. The van der Waals surface area contributed by atoms with E-state index in [1.165, 1.54) is 17.2 Å². The van der Waals surface area contributed by atoms with Crippen molar-refractivity contribution in [1.82, 2.24) is 5.32 Å². The first-order valence-electron chi connectivity index (χ1n) is 8.40. The number of nitrogens with one attached hydrogen (secondary N) is 1. The number of methoxy groups -OCH3 is 1. The number of phenolic OH excluding ortho intramolecular Hbond substituents is 1. The molecule has 2 aromatic carbocycles. The summed E-state index contributed by atoms with van der Waals surface area (Å²) in [4.78, 5) is 0. The third-order valence-electron chi connectivity index (χ3n) is 4.83. The van der Waals surface area contributed by atoms with Gasteiger partial charge in [-0.25, -0.2) is 4.39 Å². The van der Waals surface area contributed by atoms with Crippen LogP contribution in [0.25, 0.3) is 11.1 Å². The Morgan fingerprint density at radius 2 is 2.04 bits per heavy atom. The number of rotatable bonds is 3.